The zero-order valence-corrected chi connectivity index (χ0v) is 15.3. The molecule has 0 radical (unpaired) electrons. The molecule has 27 heavy (non-hydrogen) atoms. The van der Waals surface area contributed by atoms with Crippen LogP contribution in [-0.4, -0.2) is 22.4 Å². The summed E-state index contributed by atoms with van der Waals surface area (Å²) >= 11 is 0. The molecular formula is C22H24N4O. The van der Waals surface area contributed by atoms with Crippen LogP contribution in [-0.2, 0) is 13.0 Å². The van der Waals surface area contributed by atoms with Gasteiger partial charge < -0.3 is 10.6 Å². The van der Waals surface area contributed by atoms with E-state index in [0.717, 1.165) is 24.8 Å². The van der Waals surface area contributed by atoms with E-state index in [-0.39, 0.29) is 5.91 Å². The van der Waals surface area contributed by atoms with Crippen molar-refractivity contribution in [3.05, 3.63) is 89.9 Å². The van der Waals surface area contributed by atoms with Gasteiger partial charge in [0.2, 0.25) is 0 Å². The van der Waals surface area contributed by atoms with Gasteiger partial charge in [-0.2, -0.15) is 0 Å². The van der Waals surface area contributed by atoms with Gasteiger partial charge in [0.15, 0.2) is 0 Å². The van der Waals surface area contributed by atoms with E-state index in [1.807, 2.05) is 18.2 Å². The molecule has 0 spiro atoms. The van der Waals surface area contributed by atoms with Crippen molar-refractivity contribution in [3.8, 4) is 0 Å². The molecule has 0 bridgehead atoms. The molecule has 2 N–H and O–H groups in total. The van der Waals surface area contributed by atoms with Gasteiger partial charge in [-0.15, -0.1) is 0 Å². The van der Waals surface area contributed by atoms with Crippen molar-refractivity contribution in [2.75, 3.05) is 11.9 Å². The predicted octanol–water partition coefficient (Wildman–Crippen LogP) is 3.84. The minimum Gasteiger partial charge on any atom is -0.365 e. The first-order valence-electron chi connectivity index (χ1n) is 9.23. The van der Waals surface area contributed by atoms with E-state index in [1.54, 1.807) is 30.7 Å². The molecule has 1 aromatic carbocycles. The Kier molecular flexibility index (Phi) is 6.92. The second-order valence-electron chi connectivity index (χ2n) is 6.31. The van der Waals surface area contributed by atoms with Gasteiger partial charge in [-0.25, -0.2) is 4.98 Å². The molecular weight excluding hydrogens is 336 g/mol. The number of hydrogen-bond acceptors (Lipinski definition) is 4. The first-order valence-corrected chi connectivity index (χ1v) is 9.23. The van der Waals surface area contributed by atoms with E-state index in [1.165, 1.54) is 5.56 Å². The maximum absolute atomic E-state index is 12.5. The molecule has 0 aliphatic rings. The summed E-state index contributed by atoms with van der Waals surface area (Å²) in [5, 5.41) is 6.23. The summed E-state index contributed by atoms with van der Waals surface area (Å²) in [4.78, 5) is 20.8. The molecule has 138 valence electrons. The van der Waals surface area contributed by atoms with Gasteiger partial charge in [0.25, 0.3) is 5.91 Å². The molecule has 0 aliphatic carbocycles. The summed E-state index contributed by atoms with van der Waals surface area (Å²) in [6.45, 7) is 1.25. The monoisotopic (exact) mass is 360 g/mol. The van der Waals surface area contributed by atoms with Gasteiger partial charge in [0, 0.05) is 31.7 Å². The summed E-state index contributed by atoms with van der Waals surface area (Å²) in [6, 6.07) is 17.8. The number of nitrogens with zero attached hydrogens (tertiary/aromatic N) is 2. The molecule has 1 amide bonds. The molecule has 2 aromatic heterocycles. The van der Waals surface area contributed by atoms with E-state index < -0.39 is 0 Å². The smallest absolute Gasteiger partial charge is 0.255 e. The third-order valence-electron chi connectivity index (χ3n) is 4.28. The van der Waals surface area contributed by atoms with Gasteiger partial charge in [0.1, 0.15) is 5.82 Å². The van der Waals surface area contributed by atoms with Crippen LogP contribution in [0.4, 0.5) is 5.82 Å². The Balaban J connectivity index is 1.46. The highest BCUT2D eigenvalue weighted by Gasteiger charge is 2.11. The van der Waals surface area contributed by atoms with Gasteiger partial charge in [-0.1, -0.05) is 30.3 Å². The van der Waals surface area contributed by atoms with Crippen molar-refractivity contribution < 1.29 is 4.79 Å². The highest BCUT2D eigenvalue weighted by atomic mass is 16.1. The van der Waals surface area contributed by atoms with Crippen LogP contribution in [0.25, 0.3) is 0 Å². The molecule has 3 aromatic rings. The number of aromatic nitrogens is 2. The molecule has 0 saturated heterocycles. The van der Waals surface area contributed by atoms with Crippen molar-refractivity contribution >= 4 is 11.7 Å². The van der Waals surface area contributed by atoms with Crippen molar-refractivity contribution in [1.29, 1.82) is 0 Å². The Morgan fingerprint density at radius 2 is 1.67 bits per heavy atom. The van der Waals surface area contributed by atoms with Crippen LogP contribution in [0.15, 0.2) is 73.2 Å². The Labute approximate surface area is 159 Å². The number of unbranched alkanes of at least 4 members (excludes halogenated alkanes) is 1. The normalized spacial score (nSPS) is 10.4. The summed E-state index contributed by atoms with van der Waals surface area (Å²) in [7, 11) is 0. The lowest BCUT2D eigenvalue weighted by Gasteiger charge is -2.11. The number of benzene rings is 1. The van der Waals surface area contributed by atoms with E-state index in [0.29, 0.717) is 24.5 Å². The average Bonchev–Trinajstić information content (AvgIpc) is 2.73. The fraction of sp³-hybridized carbons (Fsp3) is 0.227. The number of pyridine rings is 2. The number of nitrogens with one attached hydrogen (secondary N) is 2. The maximum atomic E-state index is 12.5. The Bertz CT molecular complexity index is 837. The van der Waals surface area contributed by atoms with E-state index in [4.69, 9.17) is 0 Å². The standard InChI is InChI=1S/C22H24N4O/c27-22(25-13-5-4-9-18-7-2-1-3-8-18)20-10-6-14-24-21(20)26-17-19-11-15-23-16-12-19/h1-3,6-8,10-12,14-16H,4-5,9,13,17H2,(H,24,26)(H,25,27). The molecule has 3 rings (SSSR count). The second-order valence-corrected chi connectivity index (χ2v) is 6.31. The van der Waals surface area contributed by atoms with Crippen LogP contribution >= 0.6 is 0 Å². The first kappa shape index (κ1) is 18.6. The highest BCUT2D eigenvalue weighted by Crippen LogP contribution is 2.13. The van der Waals surface area contributed by atoms with E-state index >= 15 is 0 Å². The fourth-order valence-corrected chi connectivity index (χ4v) is 2.81. The molecule has 0 saturated carbocycles. The third kappa shape index (κ3) is 5.92. The summed E-state index contributed by atoms with van der Waals surface area (Å²) in [5.74, 6) is 0.496. The zero-order chi connectivity index (χ0) is 18.7. The quantitative estimate of drug-likeness (QED) is 0.569. The molecule has 2 heterocycles. The molecule has 0 atom stereocenters. The lowest BCUT2D eigenvalue weighted by atomic mass is 10.1. The largest absolute Gasteiger partial charge is 0.365 e. The Hall–Kier alpha value is -3.21. The lowest BCUT2D eigenvalue weighted by molar-refractivity contribution is 0.0953. The third-order valence-corrected chi connectivity index (χ3v) is 4.28. The fourth-order valence-electron chi connectivity index (χ4n) is 2.81. The maximum Gasteiger partial charge on any atom is 0.255 e. The molecule has 0 aliphatic heterocycles. The number of hydrogen-bond donors (Lipinski definition) is 2. The summed E-state index contributed by atoms with van der Waals surface area (Å²) < 4.78 is 0. The number of carbonyl (C=O) groups excluding carboxylic acids is 1. The Morgan fingerprint density at radius 1 is 0.852 bits per heavy atom. The van der Waals surface area contributed by atoms with Crippen LogP contribution in [0.2, 0.25) is 0 Å². The number of rotatable bonds is 9. The molecule has 0 unspecified atom stereocenters. The topological polar surface area (TPSA) is 66.9 Å². The van der Waals surface area contributed by atoms with Crippen LogP contribution in [0, 0.1) is 0 Å². The van der Waals surface area contributed by atoms with Crippen molar-refractivity contribution in [1.82, 2.24) is 15.3 Å². The van der Waals surface area contributed by atoms with Crippen LogP contribution in [0.3, 0.4) is 0 Å². The van der Waals surface area contributed by atoms with Crippen LogP contribution < -0.4 is 10.6 Å². The van der Waals surface area contributed by atoms with Gasteiger partial charge >= 0.3 is 0 Å². The Morgan fingerprint density at radius 3 is 2.48 bits per heavy atom. The lowest BCUT2D eigenvalue weighted by Crippen LogP contribution is -2.25. The minimum absolute atomic E-state index is 0.0972. The van der Waals surface area contributed by atoms with E-state index in [9.17, 15) is 4.79 Å². The molecule has 5 heteroatoms. The molecule has 0 fully saturated rings. The predicted molar refractivity (Wildman–Crippen MR) is 108 cm³/mol. The summed E-state index contributed by atoms with van der Waals surface area (Å²) in [6.07, 6.45) is 8.20. The second kappa shape index (κ2) is 10.1. The number of carbonyl (C=O) groups is 1. The SMILES string of the molecule is O=C(NCCCCc1ccccc1)c1cccnc1NCc1ccncc1. The first-order chi connectivity index (χ1) is 13.3. The van der Waals surface area contributed by atoms with Crippen LogP contribution in [0.1, 0.15) is 34.3 Å². The van der Waals surface area contributed by atoms with E-state index in [2.05, 4.69) is 44.9 Å². The van der Waals surface area contributed by atoms with Gasteiger partial charge in [-0.3, -0.25) is 9.78 Å². The molecule has 5 nitrogen and oxygen atoms in total. The van der Waals surface area contributed by atoms with Crippen LogP contribution in [0.5, 0.6) is 0 Å². The zero-order valence-electron chi connectivity index (χ0n) is 15.3. The van der Waals surface area contributed by atoms with Crippen molar-refractivity contribution in [2.24, 2.45) is 0 Å². The average molecular weight is 360 g/mol. The summed E-state index contributed by atoms with van der Waals surface area (Å²) in [5.41, 5.74) is 2.98. The number of aryl methyl sites for hydroxylation is 1. The van der Waals surface area contributed by atoms with Crippen molar-refractivity contribution in [3.63, 3.8) is 0 Å². The van der Waals surface area contributed by atoms with Gasteiger partial charge in [0.05, 0.1) is 5.56 Å². The van der Waals surface area contributed by atoms with Crippen molar-refractivity contribution in [2.45, 2.75) is 25.8 Å². The number of anilines is 1. The highest BCUT2D eigenvalue weighted by molar-refractivity contribution is 5.98. The van der Waals surface area contributed by atoms with Gasteiger partial charge in [-0.05, 0) is 54.7 Å². The minimum atomic E-state index is -0.0972. The number of amides is 1.